The average molecular weight is 454 g/mol. The van der Waals surface area contributed by atoms with Crippen LogP contribution in [-0.2, 0) is 4.79 Å². The number of nitrogens with zero attached hydrogens (tertiary/aromatic N) is 4. The Morgan fingerprint density at radius 1 is 1.13 bits per heavy atom. The Hall–Kier alpha value is -3.23. The quantitative estimate of drug-likeness (QED) is 0.408. The highest BCUT2D eigenvalue weighted by Crippen LogP contribution is 2.29. The third-order valence-electron chi connectivity index (χ3n) is 4.47. The molecule has 6 nitrogen and oxygen atoms in total. The third kappa shape index (κ3) is 4.76. The van der Waals surface area contributed by atoms with E-state index >= 15 is 0 Å². The minimum atomic E-state index is -0.465. The van der Waals surface area contributed by atoms with Gasteiger partial charge >= 0.3 is 0 Å². The van der Waals surface area contributed by atoms with Crippen LogP contribution in [0.15, 0.2) is 72.1 Å². The molecule has 0 aliphatic rings. The van der Waals surface area contributed by atoms with Gasteiger partial charge in [0.25, 0.3) is 0 Å². The van der Waals surface area contributed by atoms with Crippen LogP contribution in [0.1, 0.15) is 5.56 Å². The second kappa shape index (κ2) is 9.28. The molecule has 0 aliphatic carbocycles. The molecule has 2 aromatic carbocycles. The fraction of sp³-hybridized carbons (Fsp3) is 0.0909. The van der Waals surface area contributed by atoms with Crippen LogP contribution in [0.25, 0.3) is 17.1 Å². The summed E-state index contributed by atoms with van der Waals surface area (Å²) < 4.78 is 15.1. The number of halogens is 2. The van der Waals surface area contributed by atoms with Gasteiger partial charge in [-0.05, 0) is 48.9 Å². The van der Waals surface area contributed by atoms with E-state index in [9.17, 15) is 9.18 Å². The van der Waals surface area contributed by atoms with Gasteiger partial charge in [-0.1, -0.05) is 41.6 Å². The Kier molecular flexibility index (Phi) is 6.29. The predicted octanol–water partition coefficient (Wildman–Crippen LogP) is 5.16. The zero-order chi connectivity index (χ0) is 21.8. The fourth-order valence-electron chi connectivity index (χ4n) is 2.99. The summed E-state index contributed by atoms with van der Waals surface area (Å²) in [5.74, 6) is -0.0227. The molecule has 0 spiro atoms. The number of nitrogens with one attached hydrogen (secondary N) is 1. The summed E-state index contributed by atoms with van der Waals surface area (Å²) in [5.41, 5.74) is 3.18. The number of aromatic nitrogens is 4. The van der Waals surface area contributed by atoms with Gasteiger partial charge in [0.1, 0.15) is 5.82 Å². The van der Waals surface area contributed by atoms with E-state index in [0.29, 0.717) is 16.7 Å². The van der Waals surface area contributed by atoms with Crippen LogP contribution in [0.2, 0.25) is 5.02 Å². The summed E-state index contributed by atoms with van der Waals surface area (Å²) in [6, 6.07) is 15.4. The highest BCUT2D eigenvalue weighted by atomic mass is 35.5. The van der Waals surface area contributed by atoms with Crippen molar-refractivity contribution in [1.82, 2.24) is 19.7 Å². The normalized spacial score (nSPS) is 10.8. The largest absolute Gasteiger partial charge is 0.324 e. The predicted molar refractivity (Wildman–Crippen MR) is 120 cm³/mol. The Morgan fingerprint density at radius 2 is 1.90 bits per heavy atom. The molecule has 0 aliphatic heterocycles. The van der Waals surface area contributed by atoms with Crippen molar-refractivity contribution >= 4 is 35.0 Å². The summed E-state index contributed by atoms with van der Waals surface area (Å²) in [7, 11) is 0. The van der Waals surface area contributed by atoms with E-state index in [2.05, 4.69) is 20.5 Å². The van der Waals surface area contributed by atoms with Crippen molar-refractivity contribution in [2.45, 2.75) is 12.1 Å². The maximum Gasteiger partial charge on any atom is 0.234 e. The molecule has 156 valence electrons. The van der Waals surface area contributed by atoms with Gasteiger partial charge in [0.15, 0.2) is 11.0 Å². The van der Waals surface area contributed by atoms with E-state index in [1.165, 1.54) is 23.9 Å². The second-order valence-electron chi connectivity index (χ2n) is 6.62. The van der Waals surface area contributed by atoms with Crippen molar-refractivity contribution in [2.75, 3.05) is 11.1 Å². The summed E-state index contributed by atoms with van der Waals surface area (Å²) in [6.45, 7) is 2.00. The lowest BCUT2D eigenvalue weighted by Gasteiger charge is -2.13. The number of hydrogen-bond acceptors (Lipinski definition) is 5. The zero-order valence-corrected chi connectivity index (χ0v) is 18.0. The Morgan fingerprint density at radius 3 is 2.65 bits per heavy atom. The number of carbonyl (C=O) groups is 1. The average Bonchev–Trinajstić information content (AvgIpc) is 3.19. The molecule has 0 bridgehead atoms. The fourth-order valence-corrected chi connectivity index (χ4v) is 3.95. The molecule has 0 atom stereocenters. The Labute approximate surface area is 187 Å². The highest BCUT2D eigenvalue weighted by Gasteiger charge is 2.18. The topological polar surface area (TPSA) is 72.7 Å². The van der Waals surface area contributed by atoms with E-state index in [1.54, 1.807) is 12.4 Å². The molecule has 0 saturated heterocycles. The summed E-state index contributed by atoms with van der Waals surface area (Å²) in [6.07, 6.45) is 3.39. The van der Waals surface area contributed by atoms with Gasteiger partial charge in [0.2, 0.25) is 5.91 Å². The molecule has 1 N–H and O–H groups in total. The number of hydrogen-bond donors (Lipinski definition) is 1. The first-order valence-corrected chi connectivity index (χ1v) is 10.7. The van der Waals surface area contributed by atoms with Gasteiger partial charge < -0.3 is 5.32 Å². The highest BCUT2D eigenvalue weighted by molar-refractivity contribution is 7.99. The van der Waals surface area contributed by atoms with Gasteiger partial charge in [-0.25, -0.2) is 4.39 Å². The summed E-state index contributed by atoms with van der Waals surface area (Å²) in [5, 5.41) is 12.1. The van der Waals surface area contributed by atoms with E-state index in [-0.39, 0.29) is 16.7 Å². The van der Waals surface area contributed by atoms with Gasteiger partial charge in [-0.15, -0.1) is 10.2 Å². The minimum Gasteiger partial charge on any atom is -0.324 e. The molecule has 4 rings (SSSR count). The number of carbonyl (C=O) groups excluding carboxylic acids is 1. The molecule has 0 saturated carbocycles. The molecule has 1 amide bonds. The van der Waals surface area contributed by atoms with Crippen LogP contribution in [0.4, 0.5) is 10.1 Å². The van der Waals surface area contributed by atoms with Gasteiger partial charge in [-0.2, -0.15) is 0 Å². The smallest absolute Gasteiger partial charge is 0.234 e. The number of benzene rings is 2. The molecule has 0 unspecified atom stereocenters. The molecule has 2 heterocycles. The minimum absolute atomic E-state index is 0.0774. The van der Waals surface area contributed by atoms with E-state index < -0.39 is 5.82 Å². The van der Waals surface area contributed by atoms with Gasteiger partial charge in [-0.3, -0.25) is 14.3 Å². The number of thioether (sulfide) groups is 1. The first kappa shape index (κ1) is 21.0. The maximum atomic E-state index is 13.2. The van der Waals surface area contributed by atoms with Crippen LogP contribution in [-0.4, -0.2) is 31.4 Å². The number of amides is 1. The number of pyridine rings is 1. The number of rotatable bonds is 6. The number of anilines is 1. The van der Waals surface area contributed by atoms with Crippen LogP contribution in [0.3, 0.4) is 0 Å². The lowest BCUT2D eigenvalue weighted by atomic mass is 10.2. The van der Waals surface area contributed by atoms with Crippen molar-refractivity contribution in [1.29, 1.82) is 0 Å². The van der Waals surface area contributed by atoms with Crippen LogP contribution in [0, 0.1) is 12.7 Å². The lowest BCUT2D eigenvalue weighted by molar-refractivity contribution is -0.113. The maximum absolute atomic E-state index is 13.2. The van der Waals surface area contributed by atoms with Crippen molar-refractivity contribution in [3.63, 3.8) is 0 Å². The molecule has 9 heteroatoms. The van der Waals surface area contributed by atoms with Gasteiger partial charge in [0, 0.05) is 18.0 Å². The van der Waals surface area contributed by atoms with E-state index in [4.69, 9.17) is 11.6 Å². The number of aryl methyl sites for hydroxylation is 1. The molecule has 0 radical (unpaired) electrons. The van der Waals surface area contributed by atoms with Crippen LogP contribution < -0.4 is 5.32 Å². The van der Waals surface area contributed by atoms with E-state index in [1.807, 2.05) is 47.9 Å². The molecular weight excluding hydrogens is 437 g/mol. The first-order chi connectivity index (χ1) is 15.0. The first-order valence-electron chi connectivity index (χ1n) is 9.32. The monoisotopic (exact) mass is 453 g/mol. The van der Waals surface area contributed by atoms with Crippen LogP contribution in [0.5, 0.6) is 0 Å². The summed E-state index contributed by atoms with van der Waals surface area (Å²) in [4.78, 5) is 16.5. The zero-order valence-electron chi connectivity index (χ0n) is 16.4. The molecule has 2 aromatic heterocycles. The number of para-hydroxylation sites is 1. The van der Waals surface area contributed by atoms with E-state index in [0.717, 1.165) is 22.9 Å². The van der Waals surface area contributed by atoms with Crippen molar-refractivity contribution in [3.05, 3.63) is 83.4 Å². The molecule has 31 heavy (non-hydrogen) atoms. The Bertz CT molecular complexity index is 1230. The lowest BCUT2D eigenvalue weighted by Crippen LogP contribution is -2.15. The van der Waals surface area contributed by atoms with Gasteiger partial charge in [0.05, 0.1) is 22.2 Å². The van der Waals surface area contributed by atoms with Crippen molar-refractivity contribution in [3.8, 4) is 17.1 Å². The molecular formula is C22H17ClFN5OS. The van der Waals surface area contributed by atoms with Crippen molar-refractivity contribution < 1.29 is 9.18 Å². The summed E-state index contributed by atoms with van der Waals surface area (Å²) >= 11 is 7.24. The molecule has 0 fully saturated rings. The van der Waals surface area contributed by atoms with Crippen LogP contribution >= 0.6 is 23.4 Å². The SMILES string of the molecule is Cc1ccccc1-n1c(SCC(=O)Nc2ccc(F)cc2Cl)nnc1-c1ccncc1. The molecule has 4 aromatic rings. The van der Waals surface area contributed by atoms with Crippen molar-refractivity contribution in [2.24, 2.45) is 0 Å². The third-order valence-corrected chi connectivity index (χ3v) is 5.71. The Balaban J connectivity index is 1.60. The second-order valence-corrected chi connectivity index (χ2v) is 7.97. The standard InChI is InChI=1S/C22H17ClFN5OS/c1-14-4-2-3-5-19(14)29-21(15-8-10-25-11-9-15)27-28-22(29)31-13-20(30)26-18-7-6-16(24)12-17(18)23/h2-12H,13H2,1H3,(H,26,30).